The number of amides is 7. The highest BCUT2D eigenvalue weighted by Crippen LogP contribution is 2.31. The largest absolute Gasteiger partial charge is 0.391 e. The fourth-order valence-corrected chi connectivity index (χ4v) is 7.64. The lowest BCUT2D eigenvalue weighted by Gasteiger charge is -2.35. The molecule has 10 N–H and O–H groups in total. The Bertz CT molecular complexity index is 1680. The van der Waals surface area contributed by atoms with Gasteiger partial charge in [0.2, 0.25) is 41.4 Å². The molecule has 0 saturated carbocycles. The third kappa shape index (κ3) is 10.1. The lowest BCUT2D eigenvalue weighted by Crippen LogP contribution is -2.58. The number of carbonyl (C=O) groups excluding carboxylic acids is 7. The maximum atomic E-state index is 14.1. The second-order valence-electron chi connectivity index (χ2n) is 13.8. The highest BCUT2D eigenvalue weighted by Gasteiger charge is 2.45. The molecule has 0 aliphatic carbocycles. The summed E-state index contributed by atoms with van der Waals surface area (Å²) >= 11 is 2.52. The molecule has 6 atom stereocenters. The van der Waals surface area contributed by atoms with Crippen molar-refractivity contribution in [3.05, 3.63) is 46.8 Å². The first-order chi connectivity index (χ1) is 24.5. The van der Waals surface area contributed by atoms with Crippen LogP contribution in [-0.4, -0.2) is 113 Å². The summed E-state index contributed by atoms with van der Waals surface area (Å²) in [6, 6.07) is 2.72. The number of aliphatic hydroxyl groups is 1. The molecule has 7 amide bonds. The molecule has 0 bridgehead atoms. The summed E-state index contributed by atoms with van der Waals surface area (Å²) < 4.78 is 0. The molecule has 52 heavy (non-hydrogen) atoms. The molecule has 0 unspecified atom stereocenters. The molecule has 18 heteroatoms. The van der Waals surface area contributed by atoms with E-state index in [1.807, 2.05) is 18.4 Å². The first-order valence-corrected chi connectivity index (χ1v) is 18.7. The van der Waals surface area contributed by atoms with E-state index in [1.165, 1.54) is 4.90 Å². The predicted molar refractivity (Wildman–Crippen MR) is 195 cm³/mol. The number of nitrogens with one attached hydrogen (secondary N) is 5. The molecule has 2 aliphatic heterocycles. The Kier molecular flexibility index (Phi) is 13.4. The standard InChI is InChI=1S/C34H46N8O8S2/c1-17-9-10-52-27(17)19-7-5-18(6-8-19)26-32(49)37-13-24(44)38-21(12-35)30(47)39-22(29(36)46)15-51-16-25(45)40-28(34(2,3)4)33(50)42-14-20(43)11-23(42)31(48)41-26/h5-10,20-23,26,28,43H,11-16,35H2,1-4H3,(H2,36,46)(H,37,49)(H,38,44)(H,39,47)(H,40,45)(H,41,48)/t20-,21-,22-,23+,26-,28-/m1/s1. The minimum Gasteiger partial charge on any atom is -0.391 e. The molecule has 16 nitrogen and oxygen atoms in total. The number of primary amides is 1. The van der Waals surface area contributed by atoms with Crippen molar-refractivity contribution in [2.45, 2.75) is 70.4 Å². The highest BCUT2D eigenvalue weighted by molar-refractivity contribution is 8.00. The molecule has 2 aromatic rings. The Morgan fingerprint density at radius 2 is 1.63 bits per heavy atom. The second-order valence-corrected chi connectivity index (χ2v) is 15.8. The zero-order valence-electron chi connectivity index (χ0n) is 29.4. The fraction of sp³-hybridized carbons (Fsp3) is 0.500. The van der Waals surface area contributed by atoms with E-state index in [-0.39, 0.29) is 31.0 Å². The average Bonchev–Trinajstić information content (AvgIpc) is 3.70. The van der Waals surface area contributed by atoms with Gasteiger partial charge in [0.25, 0.3) is 0 Å². The van der Waals surface area contributed by atoms with Crippen molar-refractivity contribution in [3.63, 3.8) is 0 Å². The number of rotatable bonds is 4. The van der Waals surface area contributed by atoms with Gasteiger partial charge in [-0.2, -0.15) is 0 Å². The molecule has 282 valence electrons. The van der Waals surface area contributed by atoms with E-state index in [9.17, 15) is 38.7 Å². The predicted octanol–water partition coefficient (Wildman–Crippen LogP) is -1.35. The fourth-order valence-electron chi connectivity index (χ4n) is 5.84. The molecule has 3 heterocycles. The van der Waals surface area contributed by atoms with Crippen molar-refractivity contribution in [1.82, 2.24) is 31.5 Å². The van der Waals surface area contributed by atoms with Crippen molar-refractivity contribution in [1.29, 1.82) is 0 Å². The summed E-state index contributed by atoms with van der Waals surface area (Å²) in [6.07, 6.45) is -1.18. The zero-order valence-corrected chi connectivity index (χ0v) is 31.0. The smallest absolute Gasteiger partial charge is 0.247 e. The molecule has 1 aromatic heterocycles. The number of hydrogen-bond donors (Lipinski definition) is 8. The van der Waals surface area contributed by atoms with Crippen LogP contribution >= 0.6 is 23.1 Å². The van der Waals surface area contributed by atoms with Gasteiger partial charge in [0.15, 0.2) is 0 Å². The number of aryl methyl sites for hydroxylation is 1. The van der Waals surface area contributed by atoms with Gasteiger partial charge in [-0.1, -0.05) is 45.0 Å². The molecule has 2 fully saturated rings. The molecular formula is C34H46N8O8S2. The highest BCUT2D eigenvalue weighted by atomic mass is 32.2. The number of nitrogens with two attached hydrogens (primary N) is 2. The van der Waals surface area contributed by atoms with Crippen molar-refractivity contribution in [3.8, 4) is 10.4 Å². The molecule has 2 saturated heterocycles. The topological polar surface area (TPSA) is 255 Å². The van der Waals surface area contributed by atoms with Gasteiger partial charge < -0.3 is 48.1 Å². The van der Waals surface area contributed by atoms with Gasteiger partial charge in [-0.05, 0) is 40.5 Å². The summed E-state index contributed by atoms with van der Waals surface area (Å²) in [7, 11) is 0. The second kappa shape index (κ2) is 17.3. The Morgan fingerprint density at radius 3 is 2.23 bits per heavy atom. The molecule has 4 rings (SSSR count). The van der Waals surface area contributed by atoms with E-state index >= 15 is 0 Å². The summed E-state index contributed by atoms with van der Waals surface area (Å²) in [6.45, 7) is 6.02. The summed E-state index contributed by atoms with van der Waals surface area (Å²) in [5, 5.41) is 25.4. The van der Waals surface area contributed by atoms with Gasteiger partial charge >= 0.3 is 0 Å². The van der Waals surface area contributed by atoms with Gasteiger partial charge in [-0.3, -0.25) is 33.6 Å². The van der Waals surface area contributed by atoms with Crippen LogP contribution in [0.25, 0.3) is 10.4 Å². The number of thiophene rings is 1. The molecule has 1 aromatic carbocycles. The van der Waals surface area contributed by atoms with E-state index in [2.05, 4.69) is 26.6 Å². The minimum atomic E-state index is -1.34. The van der Waals surface area contributed by atoms with Crippen LogP contribution in [0.2, 0.25) is 0 Å². The number of thioether (sulfide) groups is 1. The third-order valence-corrected chi connectivity index (χ3v) is 10.8. The molecule has 0 radical (unpaired) electrons. The van der Waals surface area contributed by atoms with Crippen LogP contribution in [0.1, 0.15) is 44.4 Å². The first kappa shape index (κ1) is 40.3. The minimum absolute atomic E-state index is 0.111. The molecule has 0 spiro atoms. The van der Waals surface area contributed by atoms with E-state index < -0.39 is 89.6 Å². The number of carbonyl (C=O) groups is 7. The number of hydrogen-bond acceptors (Lipinski definition) is 11. The van der Waals surface area contributed by atoms with Crippen molar-refractivity contribution in [2.24, 2.45) is 16.9 Å². The van der Waals surface area contributed by atoms with Gasteiger partial charge in [-0.15, -0.1) is 23.1 Å². The monoisotopic (exact) mass is 758 g/mol. The number of benzene rings is 1. The quantitative estimate of drug-likeness (QED) is 0.182. The van der Waals surface area contributed by atoms with E-state index in [0.717, 1.165) is 27.8 Å². The Morgan fingerprint density at radius 1 is 0.942 bits per heavy atom. The van der Waals surface area contributed by atoms with Crippen LogP contribution in [0.15, 0.2) is 35.7 Å². The zero-order chi connectivity index (χ0) is 38.3. The van der Waals surface area contributed by atoms with Crippen LogP contribution in [0.5, 0.6) is 0 Å². The Hall–Kier alpha value is -4.52. The number of nitrogens with zero attached hydrogens (tertiary/aromatic N) is 1. The van der Waals surface area contributed by atoms with Crippen molar-refractivity contribution < 1.29 is 38.7 Å². The lowest BCUT2D eigenvalue weighted by atomic mass is 9.85. The Labute approximate surface area is 309 Å². The van der Waals surface area contributed by atoms with Gasteiger partial charge in [0, 0.05) is 30.1 Å². The van der Waals surface area contributed by atoms with Gasteiger partial charge in [0.05, 0.1) is 18.4 Å². The molecule has 2 aliphatic rings. The van der Waals surface area contributed by atoms with E-state index in [0.29, 0.717) is 5.56 Å². The summed E-state index contributed by atoms with van der Waals surface area (Å²) in [5.74, 6) is -5.50. The first-order valence-electron chi connectivity index (χ1n) is 16.7. The van der Waals surface area contributed by atoms with E-state index in [4.69, 9.17) is 11.5 Å². The SMILES string of the molecule is Cc1ccsc1-c1ccc([C@H]2NC(=O)[C@@H]3C[C@@H](O)CN3C(=O)[C@H](C(C)(C)C)NC(=O)CSC[C@H](C(N)=O)NC(=O)[C@@H](CN)NC(=O)CNC2=O)cc1. The van der Waals surface area contributed by atoms with Crippen LogP contribution in [0, 0.1) is 12.3 Å². The van der Waals surface area contributed by atoms with Crippen LogP contribution < -0.4 is 38.1 Å². The average molecular weight is 759 g/mol. The third-order valence-electron chi connectivity index (χ3n) is 8.69. The van der Waals surface area contributed by atoms with Crippen LogP contribution in [0.4, 0.5) is 0 Å². The maximum absolute atomic E-state index is 14.1. The summed E-state index contributed by atoms with van der Waals surface area (Å²) in [5.41, 5.74) is 12.7. The lowest BCUT2D eigenvalue weighted by molar-refractivity contribution is -0.144. The normalized spacial score (nSPS) is 26.2. The van der Waals surface area contributed by atoms with Crippen LogP contribution in [0.3, 0.4) is 0 Å². The van der Waals surface area contributed by atoms with Gasteiger partial charge in [-0.25, -0.2) is 0 Å². The van der Waals surface area contributed by atoms with Crippen LogP contribution in [-0.2, 0) is 33.6 Å². The maximum Gasteiger partial charge on any atom is 0.247 e. The number of aliphatic hydroxyl groups excluding tert-OH is 1. The number of fused-ring (bicyclic) bond motifs is 1. The summed E-state index contributed by atoms with van der Waals surface area (Å²) in [4.78, 5) is 95.1. The van der Waals surface area contributed by atoms with Gasteiger partial charge in [0.1, 0.15) is 30.2 Å². The van der Waals surface area contributed by atoms with Crippen molar-refractivity contribution >= 4 is 64.4 Å². The Balaban J connectivity index is 1.69. The van der Waals surface area contributed by atoms with Crippen molar-refractivity contribution in [2.75, 3.05) is 31.1 Å². The molecular weight excluding hydrogens is 713 g/mol. The van der Waals surface area contributed by atoms with E-state index in [1.54, 1.807) is 56.4 Å².